The monoisotopic (exact) mass is 179 g/mol. The Labute approximate surface area is 82.3 Å². The van der Waals surface area contributed by atoms with Gasteiger partial charge in [0.2, 0.25) is 0 Å². The highest BCUT2D eigenvalue weighted by Gasteiger charge is 2.19. The molecule has 0 aliphatic heterocycles. The molecule has 1 N–H and O–H groups in total. The summed E-state index contributed by atoms with van der Waals surface area (Å²) in [5.41, 5.74) is 0. The Balaban J connectivity index is 1.92. The average molecular weight is 179 g/mol. The molecule has 1 aliphatic rings. The largest absolute Gasteiger partial charge is 0.314 e. The first-order valence-corrected chi connectivity index (χ1v) is 5.49. The molecule has 0 heterocycles. The van der Waals surface area contributed by atoms with Crippen LogP contribution < -0.4 is 5.32 Å². The Morgan fingerprint density at radius 2 is 2.23 bits per heavy atom. The van der Waals surface area contributed by atoms with Crippen molar-refractivity contribution >= 4 is 0 Å². The van der Waals surface area contributed by atoms with Crippen LogP contribution in [0.25, 0.3) is 0 Å². The zero-order chi connectivity index (χ0) is 9.52. The lowest BCUT2D eigenvalue weighted by Crippen LogP contribution is -2.27. The van der Waals surface area contributed by atoms with Crippen LogP contribution in [-0.2, 0) is 0 Å². The van der Waals surface area contributed by atoms with Gasteiger partial charge in [-0.3, -0.25) is 0 Å². The van der Waals surface area contributed by atoms with Gasteiger partial charge in [-0.2, -0.15) is 0 Å². The molecule has 0 radical (unpaired) electrons. The second kappa shape index (κ2) is 6.05. The molecule has 2 unspecified atom stereocenters. The van der Waals surface area contributed by atoms with Crippen molar-refractivity contribution in [3.8, 4) is 12.3 Å². The van der Waals surface area contributed by atoms with Gasteiger partial charge >= 0.3 is 0 Å². The molecule has 0 aromatic rings. The highest BCUT2D eigenvalue weighted by Crippen LogP contribution is 2.24. The Morgan fingerprint density at radius 1 is 1.38 bits per heavy atom. The van der Waals surface area contributed by atoms with Gasteiger partial charge in [0.25, 0.3) is 0 Å². The van der Waals surface area contributed by atoms with Crippen LogP contribution >= 0.6 is 0 Å². The Kier molecular flexibility index (Phi) is 4.93. The van der Waals surface area contributed by atoms with Crippen molar-refractivity contribution in [1.29, 1.82) is 0 Å². The quantitative estimate of drug-likeness (QED) is 0.505. The first kappa shape index (κ1) is 10.6. The van der Waals surface area contributed by atoms with E-state index < -0.39 is 0 Å². The van der Waals surface area contributed by atoms with E-state index in [0.717, 1.165) is 24.9 Å². The van der Waals surface area contributed by atoms with Gasteiger partial charge in [-0.15, -0.1) is 12.3 Å². The van der Waals surface area contributed by atoms with E-state index in [-0.39, 0.29) is 0 Å². The summed E-state index contributed by atoms with van der Waals surface area (Å²) in [7, 11) is 0. The predicted molar refractivity (Wildman–Crippen MR) is 57.5 cm³/mol. The van der Waals surface area contributed by atoms with E-state index in [1.54, 1.807) is 0 Å². The fraction of sp³-hybridized carbons (Fsp3) is 0.833. The van der Waals surface area contributed by atoms with Gasteiger partial charge in [0.15, 0.2) is 0 Å². The first-order chi connectivity index (χ1) is 6.33. The van der Waals surface area contributed by atoms with E-state index in [2.05, 4.69) is 18.2 Å². The highest BCUT2D eigenvalue weighted by atomic mass is 14.9. The summed E-state index contributed by atoms with van der Waals surface area (Å²) in [6, 6.07) is 0.792. The van der Waals surface area contributed by atoms with Gasteiger partial charge in [-0.05, 0) is 44.6 Å². The lowest BCUT2D eigenvalue weighted by Gasteiger charge is -2.11. The topological polar surface area (TPSA) is 12.0 Å². The molecular formula is C12H21N. The maximum Gasteiger partial charge on any atom is 0.00865 e. The van der Waals surface area contributed by atoms with Crippen LogP contribution in [0.2, 0.25) is 0 Å². The number of hydrogen-bond donors (Lipinski definition) is 1. The average Bonchev–Trinajstić information content (AvgIpc) is 2.51. The summed E-state index contributed by atoms with van der Waals surface area (Å²) >= 11 is 0. The lowest BCUT2D eigenvalue weighted by molar-refractivity contribution is 0.492. The second-order valence-corrected chi connectivity index (χ2v) is 4.23. The zero-order valence-corrected chi connectivity index (χ0v) is 8.68. The molecule has 0 aromatic heterocycles. The van der Waals surface area contributed by atoms with Crippen LogP contribution in [-0.4, -0.2) is 12.6 Å². The molecule has 1 rings (SSSR count). The Hall–Kier alpha value is -0.480. The molecule has 1 saturated carbocycles. The molecule has 1 aliphatic carbocycles. The van der Waals surface area contributed by atoms with Gasteiger partial charge in [-0.25, -0.2) is 0 Å². The van der Waals surface area contributed by atoms with E-state index in [4.69, 9.17) is 6.42 Å². The third-order valence-electron chi connectivity index (χ3n) is 2.88. The fourth-order valence-electron chi connectivity index (χ4n) is 2.05. The molecule has 1 heteroatoms. The molecule has 13 heavy (non-hydrogen) atoms. The van der Waals surface area contributed by atoms with E-state index in [1.165, 1.54) is 32.1 Å². The number of terminal acetylenes is 1. The standard InChI is InChI=1S/C12H21N/c1-3-4-5-6-9-13-12-8-7-11(2)10-12/h1,11-13H,4-10H2,2H3. The van der Waals surface area contributed by atoms with Crippen LogP contribution in [0.4, 0.5) is 0 Å². The van der Waals surface area contributed by atoms with Crippen molar-refractivity contribution in [2.45, 2.75) is 51.5 Å². The minimum absolute atomic E-state index is 0.792. The minimum Gasteiger partial charge on any atom is -0.314 e. The molecule has 2 atom stereocenters. The molecule has 1 nitrogen and oxygen atoms in total. The smallest absolute Gasteiger partial charge is 0.00865 e. The fourth-order valence-corrected chi connectivity index (χ4v) is 2.05. The number of nitrogens with one attached hydrogen (secondary N) is 1. The number of hydrogen-bond acceptors (Lipinski definition) is 1. The van der Waals surface area contributed by atoms with E-state index in [1.807, 2.05) is 0 Å². The van der Waals surface area contributed by atoms with Crippen molar-refractivity contribution in [2.75, 3.05) is 6.54 Å². The third-order valence-corrected chi connectivity index (χ3v) is 2.88. The first-order valence-electron chi connectivity index (χ1n) is 5.49. The van der Waals surface area contributed by atoms with Crippen molar-refractivity contribution in [3.63, 3.8) is 0 Å². The SMILES string of the molecule is C#CCCCCNC1CCC(C)C1. The molecule has 0 aromatic carbocycles. The van der Waals surface area contributed by atoms with E-state index in [0.29, 0.717) is 0 Å². The maximum absolute atomic E-state index is 5.18. The number of rotatable bonds is 5. The van der Waals surface area contributed by atoms with Crippen LogP contribution in [0.3, 0.4) is 0 Å². The normalized spacial score (nSPS) is 27.4. The third kappa shape index (κ3) is 4.33. The van der Waals surface area contributed by atoms with Crippen molar-refractivity contribution < 1.29 is 0 Å². The highest BCUT2D eigenvalue weighted by molar-refractivity contribution is 4.83. The van der Waals surface area contributed by atoms with Gasteiger partial charge in [0.1, 0.15) is 0 Å². The molecule has 0 bridgehead atoms. The van der Waals surface area contributed by atoms with Gasteiger partial charge < -0.3 is 5.32 Å². The molecule has 74 valence electrons. The van der Waals surface area contributed by atoms with Crippen LogP contribution in [0, 0.1) is 18.3 Å². The second-order valence-electron chi connectivity index (χ2n) is 4.23. The van der Waals surface area contributed by atoms with Gasteiger partial charge in [0.05, 0.1) is 0 Å². The van der Waals surface area contributed by atoms with Crippen molar-refractivity contribution in [2.24, 2.45) is 5.92 Å². The van der Waals surface area contributed by atoms with Crippen LogP contribution in [0.15, 0.2) is 0 Å². The van der Waals surface area contributed by atoms with Crippen molar-refractivity contribution in [3.05, 3.63) is 0 Å². The predicted octanol–water partition coefficient (Wildman–Crippen LogP) is 2.57. The molecule has 0 saturated heterocycles. The Morgan fingerprint density at radius 3 is 2.85 bits per heavy atom. The summed E-state index contributed by atoms with van der Waals surface area (Å²) < 4.78 is 0. The summed E-state index contributed by atoms with van der Waals surface area (Å²) in [4.78, 5) is 0. The summed E-state index contributed by atoms with van der Waals surface area (Å²) in [5.74, 6) is 3.61. The summed E-state index contributed by atoms with van der Waals surface area (Å²) in [6.07, 6.45) is 12.7. The minimum atomic E-state index is 0.792. The summed E-state index contributed by atoms with van der Waals surface area (Å²) in [5, 5.41) is 3.60. The maximum atomic E-state index is 5.18. The Bertz CT molecular complexity index is 168. The summed E-state index contributed by atoms with van der Waals surface area (Å²) in [6.45, 7) is 3.50. The van der Waals surface area contributed by atoms with Crippen molar-refractivity contribution in [1.82, 2.24) is 5.32 Å². The van der Waals surface area contributed by atoms with Crippen LogP contribution in [0.1, 0.15) is 45.4 Å². The zero-order valence-electron chi connectivity index (χ0n) is 8.68. The molecular weight excluding hydrogens is 158 g/mol. The molecule has 0 amide bonds. The number of unbranched alkanes of at least 4 members (excludes halogenated alkanes) is 2. The molecule has 1 fully saturated rings. The lowest BCUT2D eigenvalue weighted by atomic mass is 10.1. The van der Waals surface area contributed by atoms with E-state index in [9.17, 15) is 0 Å². The van der Waals surface area contributed by atoms with Gasteiger partial charge in [0, 0.05) is 12.5 Å². The van der Waals surface area contributed by atoms with Gasteiger partial charge in [-0.1, -0.05) is 6.92 Å². The molecule has 0 spiro atoms. The van der Waals surface area contributed by atoms with E-state index >= 15 is 0 Å². The van der Waals surface area contributed by atoms with Crippen LogP contribution in [0.5, 0.6) is 0 Å².